The van der Waals surface area contributed by atoms with Crippen molar-refractivity contribution in [1.29, 1.82) is 0 Å². The molecule has 2 fully saturated rings. The van der Waals surface area contributed by atoms with Gasteiger partial charge in [0.2, 0.25) is 0 Å². The van der Waals surface area contributed by atoms with Crippen molar-refractivity contribution in [3.63, 3.8) is 0 Å². The van der Waals surface area contributed by atoms with Gasteiger partial charge in [0.15, 0.2) is 0 Å². The second-order valence-electron chi connectivity index (χ2n) is 4.66. The molecule has 2 aliphatic heterocycles. The molecule has 0 aromatic heterocycles. The van der Waals surface area contributed by atoms with Crippen molar-refractivity contribution < 1.29 is 14.3 Å². The standard InChI is InChI=1S/C11H20N2O3/c1-9(2)13-8-10(16-11(13)14)7-12-3-5-15-6-4-12/h9-10H,3-8H2,1-2H3. The average molecular weight is 228 g/mol. The Hall–Kier alpha value is -0.810. The summed E-state index contributed by atoms with van der Waals surface area (Å²) < 4.78 is 10.6. The lowest BCUT2D eigenvalue weighted by atomic mass is 10.2. The van der Waals surface area contributed by atoms with Crippen LogP contribution < -0.4 is 0 Å². The van der Waals surface area contributed by atoms with E-state index >= 15 is 0 Å². The highest BCUT2D eigenvalue weighted by Crippen LogP contribution is 2.15. The lowest BCUT2D eigenvalue weighted by molar-refractivity contribution is 0.0188. The normalized spacial score (nSPS) is 27.6. The van der Waals surface area contributed by atoms with E-state index in [2.05, 4.69) is 4.90 Å². The molecule has 2 saturated heterocycles. The summed E-state index contributed by atoms with van der Waals surface area (Å²) in [6, 6.07) is 0.224. The van der Waals surface area contributed by atoms with Gasteiger partial charge in [0.05, 0.1) is 19.8 Å². The Labute approximate surface area is 96.3 Å². The molecule has 1 amide bonds. The summed E-state index contributed by atoms with van der Waals surface area (Å²) in [5.41, 5.74) is 0. The van der Waals surface area contributed by atoms with Crippen LogP contribution in [0.1, 0.15) is 13.8 Å². The molecule has 1 unspecified atom stereocenters. The molecule has 0 aromatic carbocycles. The van der Waals surface area contributed by atoms with Gasteiger partial charge in [0.25, 0.3) is 0 Å². The third-order valence-corrected chi connectivity index (χ3v) is 3.09. The van der Waals surface area contributed by atoms with Crippen molar-refractivity contribution in [1.82, 2.24) is 9.80 Å². The summed E-state index contributed by atoms with van der Waals surface area (Å²) >= 11 is 0. The molecule has 0 N–H and O–H groups in total. The third-order valence-electron chi connectivity index (χ3n) is 3.09. The molecule has 2 aliphatic rings. The topological polar surface area (TPSA) is 42.0 Å². The highest BCUT2D eigenvalue weighted by molar-refractivity contribution is 5.70. The summed E-state index contributed by atoms with van der Waals surface area (Å²) in [6.07, 6.45) is -0.152. The molecule has 1 atom stereocenters. The first-order valence-corrected chi connectivity index (χ1v) is 5.94. The van der Waals surface area contributed by atoms with E-state index in [9.17, 15) is 4.79 Å². The summed E-state index contributed by atoms with van der Waals surface area (Å²) in [6.45, 7) is 9.03. The molecule has 0 spiro atoms. The number of nitrogens with zero attached hydrogens (tertiary/aromatic N) is 2. The molecule has 16 heavy (non-hydrogen) atoms. The lowest BCUT2D eigenvalue weighted by Gasteiger charge is -2.28. The van der Waals surface area contributed by atoms with Crippen molar-refractivity contribution in [2.24, 2.45) is 0 Å². The van der Waals surface area contributed by atoms with Gasteiger partial charge in [-0.1, -0.05) is 0 Å². The zero-order chi connectivity index (χ0) is 11.5. The monoisotopic (exact) mass is 228 g/mol. The van der Waals surface area contributed by atoms with Crippen LogP contribution in [0.25, 0.3) is 0 Å². The minimum atomic E-state index is -0.173. The van der Waals surface area contributed by atoms with Gasteiger partial charge in [-0.25, -0.2) is 4.79 Å². The molecule has 5 heteroatoms. The number of hydrogen-bond acceptors (Lipinski definition) is 4. The summed E-state index contributed by atoms with van der Waals surface area (Å²) in [7, 11) is 0. The van der Waals surface area contributed by atoms with Gasteiger partial charge in [-0.15, -0.1) is 0 Å². The number of carbonyl (C=O) groups is 1. The predicted molar refractivity (Wildman–Crippen MR) is 59.4 cm³/mol. The van der Waals surface area contributed by atoms with Crippen molar-refractivity contribution in [3.8, 4) is 0 Å². The van der Waals surface area contributed by atoms with E-state index in [1.54, 1.807) is 4.90 Å². The van der Waals surface area contributed by atoms with Gasteiger partial charge in [0, 0.05) is 25.7 Å². The molecule has 0 radical (unpaired) electrons. The van der Waals surface area contributed by atoms with Crippen molar-refractivity contribution in [2.75, 3.05) is 39.4 Å². The Morgan fingerprint density at radius 3 is 2.62 bits per heavy atom. The van der Waals surface area contributed by atoms with Gasteiger partial charge in [-0.3, -0.25) is 4.90 Å². The number of ether oxygens (including phenoxy) is 2. The van der Waals surface area contributed by atoms with Gasteiger partial charge in [-0.05, 0) is 13.8 Å². The van der Waals surface area contributed by atoms with Crippen molar-refractivity contribution in [2.45, 2.75) is 26.0 Å². The summed E-state index contributed by atoms with van der Waals surface area (Å²) in [5, 5.41) is 0. The highest BCUT2D eigenvalue weighted by atomic mass is 16.6. The van der Waals surface area contributed by atoms with Crippen molar-refractivity contribution >= 4 is 6.09 Å². The lowest BCUT2D eigenvalue weighted by Crippen LogP contribution is -2.42. The maximum Gasteiger partial charge on any atom is 0.410 e. The molecule has 92 valence electrons. The van der Waals surface area contributed by atoms with E-state index in [0.29, 0.717) is 6.54 Å². The fraction of sp³-hybridized carbons (Fsp3) is 0.909. The van der Waals surface area contributed by atoms with Crippen LogP contribution in [-0.2, 0) is 9.47 Å². The van der Waals surface area contributed by atoms with E-state index < -0.39 is 0 Å². The minimum absolute atomic E-state index is 0.0213. The van der Waals surface area contributed by atoms with Crippen LogP contribution in [0, 0.1) is 0 Å². The quantitative estimate of drug-likeness (QED) is 0.707. The Bertz CT molecular complexity index is 252. The second kappa shape index (κ2) is 5.01. The van der Waals surface area contributed by atoms with E-state index in [1.165, 1.54) is 0 Å². The fourth-order valence-corrected chi connectivity index (χ4v) is 2.13. The zero-order valence-corrected chi connectivity index (χ0v) is 10.0. The first kappa shape index (κ1) is 11.7. The molecule has 0 bridgehead atoms. The van der Waals surface area contributed by atoms with E-state index in [0.717, 1.165) is 32.8 Å². The van der Waals surface area contributed by atoms with Crippen LogP contribution in [0.2, 0.25) is 0 Å². The largest absolute Gasteiger partial charge is 0.443 e. The predicted octanol–water partition coefficient (Wildman–Crippen LogP) is 0.548. The highest BCUT2D eigenvalue weighted by Gasteiger charge is 2.33. The van der Waals surface area contributed by atoms with Crippen molar-refractivity contribution in [3.05, 3.63) is 0 Å². The molecule has 0 aromatic rings. The molecule has 5 nitrogen and oxygen atoms in total. The van der Waals surface area contributed by atoms with Gasteiger partial charge in [0.1, 0.15) is 6.10 Å². The van der Waals surface area contributed by atoms with Gasteiger partial charge < -0.3 is 14.4 Å². The minimum Gasteiger partial charge on any atom is -0.443 e. The molecular formula is C11H20N2O3. The second-order valence-corrected chi connectivity index (χ2v) is 4.66. The first-order valence-electron chi connectivity index (χ1n) is 5.94. The van der Waals surface area contributed by atoms with Crippen LogP contribution in [0.4, 0.5) is 4.79 Å². The first-order chi connectivity index (χ1) is 7.66. The summed E-state index contributed by atoms with van der Waals surface area (Å²) in [4.78, 5) is 15.6. The zero-order valence-electron chi connectivity index (χ0n) is 10.0. The van der Waals surface area contributed by atoms with Gasteiger partial charge >= 0.3 is 6.09 Å². The smallest absolute Gasteiger partial charge is 0.410 e. The third kappa shape index (κ3) is 2.65. The van der Waals surface area contributed by atoms with Crippen LogP contribution in [0.15, 0.2) is 0 Å². The number of hydrogen-bond donors (Lipinski definition) is 0. The summed E-state index contributed by atoms with van der Waals surface area (Å²) in [5.74, 6) is 0. The van der Waals surface area contributed by atoms with Crippen LogP contribution in [0.3, 0.4) is 0 Å². The Kier molecular flexibility index (Phi) is 3.66. The molecule has 0 aliphatic carbocycles. The Morgan fingerprint density at radius 1 is 1.38 bits per heavy atom. The van der Waals surface area contributed by atoms with Gasteiger partial charge in [-0.2, -0.15) is 0 Å². The number of morpholine rings is 1. The van der Waals surface area contributed by atoms with E-state index in [-0.39, 0.29) is 18.2 Å². The Balaban J connectivity index is 1.81. The maximum absolute atomic E-state index is 11.5. The molecular weight excluding hydrogens is 208 g/mol. The molecule has 0 saturated carbocycles. The number of amides is 1. The SMILES string of the molecule is CC(C)N1CC(CN2CCOCC2)OC1=O. The van der Waals surface area contributed by atoms with Crippen LogP contribution >= 0.6 is 0 Å². The Morgan fingerprint density at radius 2 is 2.06 bits per heavy atom. The van der Waals surface area contributed by atoms with E-state index in [1.807, 2.05) is 13.8 Å². The maximum atomic E-state index is 11.5. The fourth-order valence-electron chi connectivity index (χ4n) is 2.13. The number of rotatable bonds is 3. The van der Waals surface area contributed by atoms with E-state index in [4.69, 9.17) is 9.47 Å². The average Bonchev–Trinajstić information content (AvgIpc) is 2.61. The number of carbonyl (C=O) groups excluding carboxylic acids is 1. The molecule has 2 rings (SSSR count). The van der Waals surface area contributed by atoms with Crippen LogP contribution in [-0.4, -0.2) is 67.4 Å². The number of cyclic esters (lactones) is 1. The van der Waals surface area contributed by atoms with Crippen LogP contribution in [0.5, 0.6) is 0 Å². The molecule has 2 heterocycles.